The van der Waals surface area contributed by atoms with Gasteiger partial charge in [0.05, 0.1) is 10.4 Å². The van der Waals surface area contributed by atoms with Crippen LogP contribution in [0.1, 0.15) is 19.0 Å². The van der Waals surface area contributed by atoms with Crippen LogP contribution in [0, 0.1) is 23.2 Å². The lowest BCUT2D eigenvalue weighted by molar-refractivity contribution is 0.435. The van der Waals surface area contributed by atoms with Crippen LogP contribution in [0.15, 0.2) is 59.1 Å². The maximum Gasteiger partial charge on any atom is 0.244 e. The summed E-state index contributed by atoms with van der Waals surface area (Å²) in [5.41, 5.74) is 0.444. The van der Waals surface area contributed by atoms with E-state index in [0.29, 0.717) is 18.8 Å². The molecule has 6 heteroatoms. The molecular weight excluding hydrogens is 356 g/mol. The molecule has 1 saturated heterocycles. The van der Waals surface area contributed by atoms with Gasteiger partial charge in [-0.2, -0.15) is 4.31 Å². The number of pyridine rings is 1. The summed E-state index contributed by atoms with van der Waals surface area (Å²) >= 11 is 6.06. The van der Waals surface area contributed by atoms with Crippen molar-refractivity contribution in [3.8, 4) is 11.8 Å². The summed E-state index contributed by atoms with van der Waals surface area (Å²) in [5, 5.41) is 0.132. The molecule has 4 nitrogen and oxygen atoms in total. The van der Waals surface area contributed by atoms with E-state index in [1.807, 2.05) is 18.2 Å². The highest BCUT2D eigenvalue weighted by atomic mass is 35.5. The van der Waals surface area contributed by atoms with Gasteiger partial charge in [-0.05, 0) is 49.5 Å². The predicted molar refractivity (Wildman–Crippen MR) is 100 cm³/mol. The van der Waals surface area contributed by atoms with E-state index in [2.05, 4.69) is 23.4 Å². The van der Waals surface area contributed by atoms with Gasteiger partial charge in [0.2, 0.25) is 10.0 Å². The largest absolute Gasteiger partial charge is 0.248 e. The van der Waals surface area contributed by atoms with Crippen LogP contribution in [0.5, 0.6) is 0 Å². The van der Waals surface area contributed by atoms with Gasteiger partial charge in [0, 0.05) is 19.3 Å². The Morgan fingerprint density at radius 2 is 2.32 bits per heavy atom. The maximum atomic E-state index is 12.9. The lowest BCUT2D eigenvalue weighted by Crippen LogP contribution is -2.32. The Morgan fingerprint density at radius 1 is 1.52 bits per heavy atom. The van der Waals surface area contributed by atoms with Crippen molar-refractivity contribution in [2.24, 2.45) is 11.3 Å². The average Bonchev–Trinajstić information content (AvgIpc) is 3.18. The molecule has 0 amide bonds. The maximum absolute atomic E-state index is 12.9. The Kier molecular flexibility index (Phi) is 4.88. The van der Waals surface area contributed by atoms with Gasteiger partial charge in [0.1, 0.15) is 10.6 Å². The molecule has 25 heavy (non-hydrogen) atoms. The third-order valence-corrected chi connectivity index (χ3v) is 6.91. The molecule has 0 N–H and O–H groups in total. The highest BCUT2D eigenvalue weighted by molar-refractivity contribution is 7.93. The topological polar surface area (TPSA) is 50.3 Å². The van der Waals surface area contributed by atoms with Crippen LogP contribution in [0.4, 0.5) is 0 Å². The van der Waals surface area contributed by atoms with Gasteiger partial charge in [0.15, 0.2) is 0 Å². The molecule has 2 aliphatic rings. The van der Waals surface area contributed by atoms with Crippen LogP contribution in [0.3, 0.4) is 0 Å². The van der Waals surface area contributed by atoms with Crippen LogP contribution >= 0.6 is 11.6 Å². The standard InChI is InChI=1S/C19H19ClN2O2S/c1-3-7-18(17(20)4-2)25(23,24)22-13-15-12-19(15,14-22)10-9-16-8-5-6-11-21-16/h3-8,11,15H,2,12-14H2,1H3/b7-3-,18-17-. The zero-order valence-electron chi connectivity index (χ0n) is 13.9. The van der Waals surface area contributed by atoms with E-state index in [-0.39, 0.29) is 21.3 Å². The fourth-order valence-electron chi connectivity index (χ4n) is 3.12. The van der Waals surface area contributed by atoms with Gasteiger partial charge in [-0.1, -0.05) is 36.2 Å². The quantitative estimate of drug-likeness (QED) is 0.600. The lowest BCUT2D eigenvalue weighted by Gasteiger charge is -2.20. The second-order valence-electron chi connectivity index (χ2n) is 6.24. The molecule has 2 atom stereocenters. The van der Waals surface area contributed by atoms with Gasteiger partial charge < -0.3 is 0 Å². The second kappa shape index (κ2) is 6.80. The van der Waals surface area contributed by atoms with Crippen molar-refractivity contribution in [2.45, 2.75) is 13.3 Å². The summed E-state index contributed by atoms with van der Waals surface area (Å²) in [5.74, 6) is 6.61. The molecule has 0 radical (unpaired) electrons. The fourth-order valence-corrected chi connectivity index (χ4v) is 5.17. The SMILES string of the molecule is C=C/C(Cl)=C(\C=C/C)S(=O)(=O)N1CC2CC2(C#Cc2ccccn2)C1. The molecule has 2 heterocycles. The molecule has 1 aromatic rings. The minimum absolute atomic E-state index is 0.0841. The van der Waals surface area contributed by atoms with Gasteiger partial charge in [-0.3, -0.25) is 0 Å². The van der Waals surface area contributed by atoms with Crippen LogP contribution < -0.4 is 0 Å². The number of nitrogens with zero attached hydrogens (tertiary/aromatic N) is 2. The number of aromatic nitrogens is 1. The molecule has 1 saturated carbocycles. The number of hydrogen-bond donors (Lipinski definition) is 0. The summed E-state index contributed by atoms with van der Waals surface area (Å²) in [6, 6.07) is 5.57. The normalized spacial score (nSPS) is 26.6. The third kappa shape index (κ3) is 3.43. The van der Waals surface area contributed by atoms with Crippen LogP contribution in [-0.2, 0) is 10.0 Å². The van der Waals surface area contributed by atoms with Crippen LogP contribution in [0.2, 0.25) is 0 Å². The summed E-state index contributed by atoms with van der Waals surface area (Å²) in [4.78, 5) is 4.28. The Bertz CT molecular complexity index is 910. The van der Waals surface area contributed by atoms with Gasteiger partial charge in [-0.25, -0.2) is 13.4 Å². The lowest BCUT2D eigenvalue weighted by atomic mass is 10.1. The van der Waals surface area contributed by atoms with Crippen molar-refractivity contribution in [1.82, 2.24) is 9.29 Å². The minimum Gasteiger partial charge on any atom is -0.248 e. The molecule has 0 spiro atoms. The summed E-state index contributed by atoms with van der Waals surface area (Å²) in [6.07, 6.45) is 7.14. The van der Waals surface area contributed by atoms with Crippen molar-refractivity contribution in [3.05, 3.63) is 64.8 Å². The molecule has 1 aliphatic heterocycles. The number of piperidine rings is 1. The Balaban J connectivity index is 1.84. The van der Waals surface area contributed by atoms with Crippen molar-refractivity contribution in [1.29, 1.82) is 0 Å². The second-order valence-corrected chi connectivity index (χ2v) is 8.55. The monoisotopic (exact) mass is 374 g/mol. The van der Waals surface area contributed by atoms with E-state index in [9.17, 15) is 8.42 Å². The van der Waals surface area contributed by atoms with Crippen molar-refractivity contribution in [2.75, 3.05) is 13.1 Å². The van der Waals surface area contributed by atoms with Crippen molar-refractivity contribution in [3.63, 3.8) is 0 Å². The molecule has 3 rings (SSSR count). The Labute approximate surface area is 154 Å². The van der Waals surface area contributed by atoms with Gasteiger partial charge >= 0.3 is 0 Å². The third-order valence-electron chi connectivity index (χ3n) is 4.57. The van der Waals surface area contributed by atoms with Crippen LogP contribution in [-0.4, -0.2) is 30.8 Å². The molecule has 0 aromatic carbocycles. The molecule has 2 fully saturated rings. The van der Waals surface area contributed by atoms with Gasteiger partial charge in [-0.15, -0.1) is 0 Å². The molecule has 0 bridgehead atoms. The Hall–Kier alpha value is -1.87. The van der Waals surface area contributed by atoms with E-state index in [4.69, 9.17) is 11.6 Å². The van der Waals surface area contributed by atoms with E-state index < -0.39 is 10.0 Å². The van der Waals surface area contributed by atoms with Crippen molar-refractivity contribution >= 4 is 21.6 Å². The first kappa shape index (κ1) is 17.9. The number of sulfonamides is 1. The zero-order chi connectivity index (χ0) is 18.1. The number of rotatable bonds is 4. The summed E-state index contributed by atoms with van der Waals surface area (Å²) < 4.78 is 27.3. The fraction of sp³-hybridized carbons (Fsp3) is 0.316. The van der Waals surface area contributed by atoms with Gasteiger partial charge in [0.25, 0.3) is 0 Å². The number of halogens is 1. The van der Waals surface area contributed by atoms with Crippen molar-refractivity contribution < 1.29 is 8.42 Å². The summed E-state index contributed by atoms with van der Waals surface area (Å²) in [6.45, 7) is 6.19. The van der Waals surface area contributed by atoms with E-state index in [0.717, 1.165) is 6.42 Å². The number of hydrogen-bond acceptors (Lipinski definition) is 3. The Morgan fingerprint density at radius 3 is 2.96 bits per heavy atom. The smallest absolute Gasteiger partial charge is 0.244 e. The molecule has 130 valence electrons. The highest BCUT2D eigenvalue weighted by Crippen LogP contribution is 2.58. The molecule has 1 aliphatic carbocycles. The first-order valence-corrected chi connectivity index (χ1v) is 9.84. The number of allylic oxidation sites excluding steroid dienone is 4. The molecular formula is C19H19ClN2O2S. The van der Waals surface area contributed by atoms with Crippen LogP contribution in [0.25, 0.3) is 0 Å². The highest BCUT2D eigenvalue weighted by Gasteiger charge is 2.61. The molecule has 2 unspecified atom stereocenters. The van der Waals surface area contributed by atoms with E-state index >= 15 is 0 Å². The number of fused-ring (bicyclic) bond motifs is 1. The minimum atomic E-state index is -3.66. The molecule has 1 aromatic heterocycles. The van der Waals surface area contributed by atoms with E-state index in [1.165, 1.54) is 16.5 Å². The van der Waals surface area contributed by atoms with E-state index in [1.54, 1.807) is 19.2 Å². The predicted octanol–water partition coefficient (Wildman–Crippen LogP) is 3.30. The summed E-state index contributed by atoms with van der Waals surface area (Å²) in [7, 11) is -3.66. The first-order valence-electron chi connectivity index (χ1n) is 8.02. The first-order chi connectivity index (χ1) is 11.9. The average molecular weight is 375 g/mol. The zero-order valence-corrected chi connectivity index (χ0v) is 15.5.